The number of rotatable bonds is 5. The molecule has 8 heteroatoms. The number of methoxy groups -OCH3 is 1. The number of hydrogen-bond acceptors (Lipinski definition) is 8. The molecule has 0 spiro atoms. The molecule has 4 aromatic rings. The Kier molecular flexibility index (Phi) is 7.63. The van der Waals surface area contributed by atoms with Crippen molar-refractivity contribution in [1.82, 2.24) is 0 Å². The molecule has 0 amide bonds. The number of aromatic hydroxyl groups is 3. The lowest BCUT2D eigenvalue weighted by molar-refractivity contribution is 0.415. The standard InChI is InChI=1S/C45H30N4O4/c1-53-33-16-8-29(9-17-33)45-40-24-22-38(48-40)43(27-4-12-31(51)13-5-27)36-20-18-34(46-36)42(26-2-10-30(50)11-3-26)35-19-21-37(47-35)44(39-23-25-41(45)49-39)28-6-14-32(52)15-7-28/h2-25,50-52H,1H3. The molecule has 8 bridgehead atoms. The average molecular weight is 691 g/mol. The molecule has 0 radical (unpaired) electrons. The molecule has 5 heterocycles. The maximum absolute atomic E-state index is 10.2. The van der Waals surface area contributed by atoms with Crippen molar-refractivity contribution in [2.24, 2.45) is 20.0 Å². The van der Waals surface area contributed by atoms with Crippen LogP contribution in [0.2, 0.25) is 0 Å². The van der Waals surface area contributed by atoms with Crippen LogP contribution >= 0.6 is 0 Å². The fraction of sp³-hybridized carbons (Fsp3) is 0.0222. The smallest absolute Gasteiger partial charge is 0.118 e. The van der Waals surface area contributed by atoms with Crippen LogP contribution in [0.4, 0.5) is 0 Å². The fourth-order valence-electron chi connectivity index (χ4n) is 6.91. The Bertz CT molecular complexity index is 2560. The van der Waals surface area contributed by atoms with E-state index in [1.807, 2.05) is 109 Å². The first kappa shape index (κ1) is 31.6. The van der Waals surface area contributed by atoms with E-state index in [9.17, 15) is 15.3 Å². The molecule has 9 rings (SSSR count). The largest absolute Gasteiger partial charge is 0.508 e. The Morgan fingerprint density at radius 3 is 0.830 bits per heavy atom. The number of benzene rings is 4. The molecule has 0 aromatic heterocycles. The predicted octanol–water partition coefficient (Wildman–Crippen LogP) is 8.81. The molecule has 0 fully saturated rings. The monoisotopic (exact) mass is 690 g/mol. The lowest BCUT2D eigenvalue weighted by Gasteiger charge is -2.13. The van der Waals surface area contributed by atoms with E-state index in [0.717, 1.165) is 61.7 Å². The molecule has 0 saturated carbocycles. The minimum Gasteiger partial charge on any atom is -0.508 e. The minimum absolute atomic E-state index is 0.155. The Labute approximate surface area is 305 Å². The number of phenols is 3. The van der Waals surface area contributed by atoms with Crippen LogP contribution in [-0.4, -0.2) is 45.3 Å². The van der Waals surface area contributed by atoms with Crippen molar-refractivity contribution >= 4 is 45.1 Å². The van der Waals surface area contributed by atoms with Crippen LogP contribution in [0, 0.1) is 0 Å². The number of fused-ring (bicyclic) bond motifs is 4. The van der Waals surface area contributed by atoms with Crippen LogP contribution < -0.4 is 4.74 Å². The zero-order valence-corrected chi connectivity index (χ0v) is 28.4. The topological polar surface area (TPSA) is 119 Å². The molecule has 0 saturated heterocycles. The minimum atomic E-state index is 0.155. The van der Waals surface area contributed by atoms with E-state index in [2.05, 4.69) is 0 Å². The van der Waals surface area contributed by atoms with Crippen LogP contribution in [0.3, 0.4) is 0 Å². The highest BCUT2D eigenvalue weighted by molar-refractivity contribution is 6.39. The van der Waals surface area contributed by atoms with Gasteiger partial charge in [0.1, 0.15) is 23.0 Å². The first-order valence-corrected chi connectivity index (χ1v) is 17.0. The van der Waals surface area contributed by atoms with Crippen molar-refractivity contribution in [2.45, 2.75) is 0 Å². The van der Waals surface area contributed by atoms with Crippen LogP contribution in [-0.2, 0) is 0 Å². The summed E-state index contributed by atoms with van der Waals surface area (Å²) in [6.07, 6.45) is 15.9. The van der Waals surface area contributed by atoms with Gasteiger partial charge in [-0.1, -0.05) is 48.5 Å². The summed E-state index contributed by atoms with van der Waals surface area (Å²) in [7, 11) is 1.64. The molecule has 254 valence electrons. The number of phenolic OH excluding ortho intramolecular Hbond substituents is 3. The summed E-state index contributed by atoms with van der Waals surface area (Å²) in [6, 6.07) is 28.9. The fourth-order valence-corrected chi connectivity index (χ4v) is 6.91. The van der Waals surface area contributed by atoms with Gasteiger partial charge in [0, 0.05) is 22.3 Å². The van der Waals surface area contributed by atoms with Gasteiger partial charge in [0.15, 0.2) is 0 Å². The Balaban J connectivity index is 1.36. The Morgan fingerprint density at radius 2 is 0.585 bits per heavy atom. The number of allylic oxidation sites excluding steroid dienone is 12. The second-order valence-electron chi connectivity index (χ2n) is 12.7. The Morgan fingerprint density at radius 1 is 0.340 bits per heavy atom. The number of aliphatic imine (C=N–C) groups is 4. The SMILES string of the molecule is COc1ccc(C2=C3C=CC(=N3)C(c3ccc(O)cc3)=C3C=CC(=N3)C(c3ccc(O)cc3)=C3C=CC(=N3)C(c3ccc(O)cc3)=C3C=CC2=N3)cc1. The first-order chi connectivity index (χ1) is 25.9. The second kappa shape index (κ2) is 12.8. The van der Waals surface area contributed by atoms with E-state index in [-0.39, 0.29) is 17.2 Å². The molecule has 4 aromatic carbocycles. The molecule has 5 aliphatic heterocycles. The maximum atomic E-state index is 10.2. The Hall–Kier alpha value is -7.32. The van der Waals surface area contributed by atoms with E-state index in [0.29, 0.717) is 34.2 Å². The van der Waals surface area contributed by atoms with Crippen molar-refractivity contribution in [3.05, 3.63) is 191 Å². The van der Waals surface area contributed by atoms with Gasteiger partial charge in [0.05, 0.1) is 52.7 Å². The van der Waals surface area contributed by atoms with Gasteiger partial charge in [-0.05, 0) is 119 Å². The number of hydrogen-bond donors (Lipinski definition) is 3. The molecule has 0 atom stereocenters. The third kappa shape index (κ3) is 5.78. The maximum Gasteiger partial charge on any atom is 0.118 e. The van der Waals surface area contributed by atoms with Gasteiger partial charge >= 0.3 is 0 Å². The molecular weight excluding hydrogens is 661 g/mol. The summed E-state index contributed by atoms with van der Waals surface area (Å²) in [5.41, 5.74) is 12.3. The van der Waals surface area contributed by atoms with Gasteiger partial charge in [-0.2, -0.15) is 0 Å². The van der Waals surface area contributed by atoms with Crippen molar-refractivity contribution in [3.63, 3.8) is 0 Å². The summed E-state index contributed by atoms with van der Waals surface area (Å²) in [5, 5.41) is 30.5. The van der Waals surface area contributed by atoms with E-state index in [1.54, 1.807) is 43.5 Å². The lowest BCUT2D eigenvalue weighted by atomic mass is 9.98. The summed E-state index contributed by atoms with van der Waals surface area (Å²) < 4.78 is 5.47. The van der Waals surface area contributed by atoms with Crippen LogP contribution in [0.5, 0.6) is 23.0 Å². The van der Waals surface area contributed by atoms with E-state index < -0.39 is 0 Å². The van der Waals surface area contributed by atoms with Crippen molar-refractivity contribution in [1.29, 1.82) is 0 Å². The van der Waals surface area contributed by atoms with Gasteiger partial charge in [-0.25, -0.2) is 20.0 Å². The summed E-state index contributed by atoms with van der Waals surface area (Å²) in [5.74, 6) is 1.21. The second-order valence-corrected chi connectivity index (χ2v) is 12.7. The van der Waals surface area contributed by atoms with E-state index in [1.165, 1.54) is 0 Å². The highest BCUT2D eigenvalue weighted by Gasteiger charge is 2.27. The van der Waals surface area contributed by atoms with Gasteiger partial charge in [0.2, 0.25) is 0 Å². The van der Waals surface area contributed by atoms with Crippen LogP contribution in [0.25, 0.3) is 22.3 Å². The van der Waals surface area contributed by atoms with Gasteiger partial charge in [-0.15, -0.1) is 0 Å². The molecule has 5 aliphatic rings. The predicted molar refractivity (Wildman–Crippen MR) is 211 cm³/mol. The third-order valence-corrected chi connectivity index (χ3v) is 9.46. The summed E-state index contributed by atoms with van der Waals surface area (Å²) >= 11 is 0. The van der Waals surface area contributed by atoms with Gasteiger partial charge < -0.3 is 20.1 Å². The van der Waals surface area contributed by atoms with Crippen LogP contribution in [0.1, 0.15) is 22.3 Å². The van der Waals surface area contributed by atoms with Crippen molar-refractivity contribution in [2.75, 3.05) is 7.11 Å². The zero-order valence-electron chi connectivity index (χ0n) is 28.4. The average Bonchev–Trinajstić information content (AvgIpc) is 4.02. The molecule has 0 unspecified atom stereocenters. The van der Waals surface area contributed by atoms with Crippen LogP contribution in [0.15, 0.2) is 188 Å². The quantitative estimate of drug-likeness (QED) is 0.194. The van der Waals surface area contributed by atoms with Crippen molar-refractivity contribution < 1.29 is 20.1 Å². The highest BCUT2D eigenvalue weighted by atomic mass is 16.5. The zero-order chi connectivity index (χ0) is 36.1. The molecule has 8 nitrogen and oxygen atoms in total. The van der Waals surface area contributed by atoms with E-state index in [4.69, 9.17) is 24.7 Å². The van der Waals surface area contributed by atoms with Gasteiger partial charge in [0.25, 0.3) is 0 Å². The van der Waals surface area contributed by atoms with E-state index >= 15 is 0 Å². The van der Waals surface area contributed by atoms with Gasteiger partial charge in [-0.3, -0.25) is 0 Å². The van der Waals surface area contributed by atoms with Crippen molar-refractivity contribution in [3.8, 4) is 23.0 Å². The normalized spacial score (nSPS) is 17.2. The molecule has 53 heavy (non-hydrogen) atoms. The summed E-state index contributed by atoms with van der Waals surface area (Å²) in [6.45, 7) is 0. The highest BCUT2D eigenvalue weighted by Crippen LogP contribution is 2.39. The molecule has 0 aliphatic carbocycles. The number of ether oxygens (including phenoxy) is 1. The third-order valence-electron chi connectivity index (χ3n) is 9.46. The molecule has 3 N–H and O–H groups in total. The first-order valence-electron chi connectivity index (χ1n) is 17.0. The lowest BCUT2D eigenvalue weighted by Crippen LogP contribution is -2.03. The summed E-state index contributed by atoms with van der Waals surface area (Å²) in [4.78, 5) is 20.9. The number of nitrogens with zero attached hydrogens (tertiary/aromatic N) is 4. The molecular formula is C45H30N4O4.